The lowest BCUT2D eigenvalue weighted by Crippen LogP contribution is -2.45. The van der Waals surface area contributed by atoms with Gasteiger partial charge in [-0.1, -0.05) is 28.4 Å². The topological polar surface area (TPSA) is 24.5 Å². The quantitative estimate of drug-likeness (QED) is 0.470. The van der Waals surface area contributed by atoms with Crippen LogP contribution in [0.25, 0.3) is 0 Å². The summed E-state index contributed by atoms with van der Waals surface area (Å²) < 4.78 is 43.5. The van der Waals surface area contributed by atoms with Gasteiger partial charge in [0.1, 0.15) is 5.75 Å². The summed E-state index contributed by atoms with van der Waals surface area (Å²) in [6.45, 7) is 7.02. The van der Waals surface area contributed by atoms with Gasteiger partial charge in [-0.15, -0.1) is 19.8 Å². The molecular weight excluding hydrogens is 397 g/mol. The van der Waals surface area contributed by atoms with E-state index in [-0.39, 0.29) is 11.8 Å². The van der Waals surface area contributed by atoms with Crippen molar-refractivity contribution in [3.63, 3.8) is 0 Å². The van der Waals surface area contributed by atoms with E-state index in [1.165, 1.54) is 6.07 Å². The van der Waals surface area contributed by atoms with Gasteiger partial charge in [-0.3, -0.25) is 4.90 Å². The van der Waals surface area contributed by atoms with Crippen molar-refractivity contribution >= 4 is 15.9 Å². The molecular formula is C18H24BrF3N2O. The van der Waals surface area contributed by atoms with Crippen molar-refractivity contribution < 1.29 is 17.9 Å². The Morgan fingerprint density at radius 2 is 2.00 bits per heavy atom. The average Bonchev–Trinajstić information content (AvgIpc) is 2.56. The number of unbranched alkanes of at least 4 members (excludes halogenated alkanes) is 2. The first-order valence-corrected chi connectivity index (χ1v) is 9.31. The Morgan fingerprint density at radius 3 is 2.64 bits per heavy atom. The van der Waals surface area contributed by atoms with E-state index >= 15 is 0 Å². The van der Waals surface area contributed by atoms with Crippen LogP contribution in [0.3, 0.4) is 0 Å². The summed E-state index contributed by atoms with van der Waals surface area (Å²) in [6.07, 6.45) is 0.794. The highest BCUT2D eigenvalue weighted by atomic mass is 79.9. The molecule has 0 saturated carbocycles. The number of ether oxygens (including phenoxy) is 1. The molecule has 0 bridgehead atoms. The standard InChI is InChI=1S/C18H24BrF3N2O/c1-2-3-4-5-6-16(24-11-9-23-10-12-24)15-13-14(19)7-8-17(15)25-18(20,21)22/h2,7-8,13,16,23H,1,3-6,9-12H2/t16-/m1/s1. The first-order chi connectivity index (χ1) is 11.9. The van der Waals surface area contributed by atoms with E-state index in [1.54, 1.807) is 12.1 Å². The van der Waals surface area contributed by atoms with Crippen molar-refractivity contribution in [3.05, 3.63) is 40.9 Å². The second kappa shape index (κ2) is 9.59. The molecule has 140 valence electrons. The highest BCUT2D eigenvalue weighted by Crippen LogP contribution is 2.37. The van der Waals surface area contributed by atoms with Crippen LogP contribution in [0.1, 0.15) is 37.3 Å². The lowest BCUT2D eigenvalue weighted by molar-refractivity contribution is -0.275. The maximum atomic E-state index is 12.8. The molecule has 25 heavy (non-hydrogen) atoms. The second-order valence-corrected chi connectivity index (χ2v) is 7.02. The fourth-order valence-electron chi connectivity index (χ4n) is 3.15. The number of alkyl halides is 3. The van der Waals surface area contributed by atoms with E-state index in [4.69, 9.17) is 0 Å². The van der Waals surface area contributed by atoms with Crippen LogP contribution in [-0.4, -0.2) is 37.4 Å². The predicted molar refractivity (Wildman–Crippen MR) is 96.7 cm³/mol. The number of hydrogen-bond donors (Lipinski definition) is 1. The molecule has 1 N–H and O–H groups in total. The fraction of sp³-hybridized carbons (Fsp3) is 0.556. The lowest BCUT2D eigenvalue weighted by Gasteiger charge is -2.36. The molecule has 1 aromatic rings. The first kappa shape index (κ1) is 20.3. The molecule has 1 atom stereocenters. The molecule has 1 heterocycles. The maximum Gasteiger partial charge on any atom is 0.573 e. The summed E-state index contributed by atoms with van der Waals surface area (Å²) in [7, 11) is 0. The number of benzene rings is 1. The van der Waals surface area contributed by atoms with Gasteiger partial charge in [-0.05, 0) is 37.5 Å². The van der Waals surface area contributed by atoms with E-state index in [0.717, 1.165) is 56.3 Å². The van der Waals surface area contributed by atoms with Gasteiger partial charge in [0.15, 0.2) is 0 Å². The summed E-state index contributed by atoms with van der Waals surface area (Å²) in [4.78, 5) is 2.25. The zero-order chi connectivity index (χ0) is 18.3. The Balaban J connectivity index is 2.27. The van der Waals surface area contributed by atoms with Gasteiger partial charge in [-0.2, -0.15) is 0 Å². The van der Waals surface area contributed by atoms with Gasteiger partial charge < -0.3 is 10.1 Å². The highest BCUT2D eigenvalue weighted by molar-refractivity contribution is 9.10. The van der Waals surface area contributed by atoms with Gasteiger partial charge in [0.25, 0.3) is 0 Å². The normalized spacial score (nSPS) is 17.3. The van der Waals surface area contributed by atoms with E-state index in [1.807, 2.05) is 6.08 Å². The molecule has 1 aromatic carbocycles. The third-order valence-corrected chi connectivity index (χ3v) is 4.78. The van der Waals surface area contributed by atoms with Crippen LogP contribution in [0.5, 0.6) is 5.75 Å². The average molecular weight is 421 g/mol. The molecule has 0 radical (unpaired) electrons. The van der Waals surface area contributed by atoms with Crippen LogP contribution in [0.2, 0.25) is 0 Å². The Kier molecular flexibility index (Phi) is 7.78. The number of hydrogen-bond acceptors (Lipinski definition) is 3. The molecule has 1 aliphatic heterocycles. The van der Waals surface area contributed by atoms with Gasteiger partial charge in [0.05, 0.1) is 0 Å². The molecule has 1 fully saturated rings. The van der Waals surface area contributed by atoms with Crippen LogP contribution >= 0.6 is 15.9 Å². The first-order valence-electron chi connectivity index (χ1n) is 8.51. The molecule has 0 aromatic heterocycles. The van der Waals surface area contributed by atoms with Crippen molar-refractivity contribution in [2.24, 2.45) is 0 Å². The number of halogens is 4. The molecule has 0 unspecified atom stereocenters. The van der Waals surface area contributed by atoms with Crippen LogP contribution in [0, 0.1) is 0 Å². The number of piperazine rings is 1. The minimum atomic E-state index is -4.70. The molecule has 0 amide bonds. The second-order valence-electron chi connectivity index (χ2n) is 6.10. The Labute approximate surface area is 155 Å². The molecule has 1 aliphatic rings. The summed E-state index contributed by atoms with van der Waals surface area (Å²) in [5, 5.41) is 3.29. The van der Waals surface area contributed by atoms with E-state index in [2.05, 4.69) is 37.5 Å². The summed E-state index contributed by atoms with van der Waals surface area (Å²) in [6, 6.07) is 4.63. The minimum absolute atomic E-state index is 0.0956. The van der Waals surface area contributed by atoms with Crippen molar-refractivity contribution in [1.29, 1.82) is 0 Å². The Bertz CT molecular complexity index is 560. The smallest absolute Gasteiger partial charge is 0.405 e. The SMILES string of the molecule is C=CCCCC[C@H](c1cc(Br)ccc1OC(F)(F)F)N1CCNCC1. The highest BCUT2D eigenvalue weighted by Gasteiger charge is 2.34. The summed E-state index contributed by atoms with van der Waals surface area (Å²) in [5.74, 6) is -0.108. The molecule has 0 spiro atoms. The lowest BCUT2D eigenvalue weighted by atomic mass is 9.97. The van der Waals surface area contributed by atoms with Crippen LogP contribution in [-0.2, 0) is 0 Å². The molecule has 3 nitrogen and oxygen atoms in total. The maximum absolute atomic E-state index is 12.8. The molecule has 2 rings (SSSR count). The zero-order valence-electron chi connectivity index (χ0n) is 14.1. The van der Waals surface area contributed by atoms with Crippen molar-refractivity contribution in [1.82, 2.24) is 10.2 Å². The van der Waals surface area contributed by atoms with Gasteiger partial charge in [0, 0.05) is 42.3 Å². The van der Waals surface area contributed by atoms with E-state index < -0.39 is 6.36 Å². The monoisotopic (exact) mass is 420 g/mol. The number of nitrogens with zero attached hydrogens (tertiary/aromatic N) is 1. The van der Waals surface area contributed by atoms with Gasteiger partial charge in [0.2, 0.25) is 0 Å². The third-order valence-electron chi connectivity index (χ3n) is 4.28. The van der Waals surface area contributed by atoms with Crippen molar-refractivity contribution in [2.75, 3.05) is 26.2 Å². The molecule has 1 saturated heterocycles. The van der Waals surface area contributed by atoms with Crippen LogP contribution < -0.4 is 10.1 Å². The fourth-order valence-corrected chi connectivity index (χ4v) is 3.53. The van der Waals surface area contributed by atoms with Crippen LogP contribution in [0.4, 0.5) is 13.2 Å². The van der Waals surface area contributed by atoms with Crippen LogP contribution in [0.15, 0.2) is 35.3 Å². The third kappa shape index (κ3) is 6.64. The molecule has 7 heteroatoms. The number of allylic oxidation sites excluding steroid dienone is 1. The minimum Gasteiger partial charge on any atom is -0.405 e. The number of rotatable bonds is 8. The van der Waals surface area contributed by atoms with Crippen molar-refractivity contribution in [2.45, 2.75) is 38.1 Å². The van der Waals surface area contributed by atoms with E-state index in [9.17, 15) is 13.2 Å². The zero-order valence-corrected chi connectivity index (χ0v) is 15.7. The van der Waals surface area contributed by atoms with Gasteiger partial charge >= 0.3 is 6.36 Å². The Hall–Kier alpha value is -1.05. The predicted octanol–water partition coefficient (Wildman–Crippen LogP) is 5.04. The number of nitrogens with one attached hydrogen (secondary N) is 1. The van der Waals surface area contributed by atoms with Crippen molar-refractivity contribution in [3.8, 4) is 5.75 Å². The van der Waals surface area contributed by atoms with E-state index in [0.29, 0.717) is 5.56 Å². The van der Waals surface area contributed by atoms with Gasteiger partial charge in [-0.25, -0.2) is 0 Å². The largest absolute Gasteiger partial charge is 0.573 e. The summed E-state index contributed by atoms with van der Waals surface area (Å²) >= 11 is 3.38. The Morgan fingerprint density at radius 1 is 1.28 bits per heavy atom. The molecule has 0 aliphatic carbocycles. The summed E-state index contributed by atoms with van der Waals surface area (Å²) in [5.41, 5.74) is 0.590.